The number of para-hydroxylation sites is 1. The van der Waals surface area contributed by atoms with E-state index in [-0.39, 0.29) is 17.7 Å². The number of hydrogen-bond acceptors (Lipinski definition) is 4. The summed E-state index contributed by atoms with van der Waals surface area (Å²) in [7, 11) is 0. The Morgan fingerprint density at radius 3 is 2.18 bits per heavy atom. The highest BCUT2D eigenvalue weighted by Crippen LogP contribution is 2.32. The Balaban J connectivity index is 2.62. The number of ether oxygens (including phenoxy) is 1. The maximum atomic E-state index is 14.3. The van der Waals surface area contributed by atoms with Crippen LogP contribution in [0.4, 0.5) is 10.5 Å². The van der Waals surface area contributed by atoms with Crippen molar-refractivity contribution >= 4 is 35.2 Å². The molecule has 0 aliphatic rings. The summed E-state index contributed by atoms with van der Waals surface area (Å²) in [5, 5.41) is 6.21. The molecule has 0 heterocycles. The lowest BCUT2D eigenvalue weighted by Gasteiger charge is -2.36. The molecule has 3 unspecified atom stereocenters. The maximum Gasteiger partial charge on any atom is 0.408 e. The van der Waals surface area contributed by atoms with Gasteiger partial charge in [0.05, 0.1) is 10.7 Å². The summed E-state index contributed by atoms with van der Waals surface area (Å²) in [6.45, 7) is 17.2. The Hall–Kier alpha value is -3.06. The summed E-state index contributed by atoms with van der Waals surface area (Å²) in [4.78, 5) is 42.7. The summed E-state index contributed by atoms with van der Waals surface area (Å²) in [5.41, 5.74) is 3.25. The van der Waals surface area contributed by atoms with E-state index in [0.717, 1.165) is 22.3 Å². The molecule has 8 heteroatoms. The van der Waals surface area contributed by atoms with Gasteiger partial charge in [0, 0.05) is 6.54 Å². The van der Waals surface area contributed by atoms with Crippen molar-refractivity contribution in [1.82, 2.24) is 10.2 Å². The molecule has 0 fully saturated rings. The molecule has 214 valence electrons. The predicted molar refractivity (Wildman–Crippen MR) is 158 cm³/mol. The molecule has 2 rings (SSSR count). The topological polar surface area (TPSA) is 87.7 Å². The number of anilines is 1. The number of rotatable bonds is 10. The molecule has 0 aliphatic heterocycles. The number of nitrogens with one attached hydrogen (secondary N) is 2. The van der Waals surface area contributed by atoms with Crippen molar-refractivity contribution in [1.29, 1.82) is 0 Å². The van der Waals surface area contributed by atoms with E-state index in [1.807, 2.05) is 71.9 Å². The lowest BCUT2D eigenvalue weighted by atomic mass is 9.92. The number of nitrogens with zero attached hydrogens (tertiary/aromatic N) is 1. The van der Waals surface area contributed by atoms with Crippen molar-refractivity contribution in [3.05, 3.63) is 63.7 Å². The molecule has 3 amide bonds. The zero-order valence-electron chi connectivity index (χ0n) is 24.8. The lowest BCUT2D eigenvalue weighted by molar-refractivity contribution is -0.142. The van der Waals surface area contributed by atoms with E-state index < -0.39 is 23.8 Å². The van der Waals surface area contributed by atoms with Crippen molar-refractivity contribution in [2.45, 2.75) is 92.8 Å². The van der Waals surface area contributed by atoms with Crippen LogP contribution in [-0.4, -0.2) is 41.0 Å². The van der Waals surface area contributed by atoms with Crippen molar-refractivity contribution in [2.24, 2.45) is 5.92 Å². The van der Waals surface area contributed by atoms with Crippen LogP contribution < -0.4 is 10.6 Å². The van der Waals surface area contributed by atoms with Gasteiger partial charge in [-0.1, -0.05) is 69.1 Å². The van der Waals surface area contributed by atoms with Crippen molar-refractivity contribution in [3.63, 3.8) is 0 Å². The van der Waals surface area contributed by atoms with E-state index in [2.05, 4.69) is 10.6 Å². The molecule has 0 aliphatic carbocycles. The number of carbonyl (C=O) groups is 3. The molecule has 2 aromatic carbocycles. The molecule has 2 N–H and O–H groups in total. The molecule has 0 bridgehead atoms. The number of hydrogen-bond donors (Lipinski definition) is 2. The fourth-order valence-electron chi connectivity index (χ4n) is 4.41. The van der Waals surface area contributed by atoms with Gasteiger partial charge in [-0.05, 0) is 82.2 Å². The summed E-state index contributed by atoms with van der Waals surface area (Å²) >= 11 is 6.45. The van der Waals surface area contributed by atoms with Crippen LogP contribution in [0.1, 0.15) is 82.7 Å². The highest BCUT2D eigenvalue weighted by molar-refractivity contribution is 6.34. The first-order valence-electron chi connectivity index (χ1n) is 13.6. The molecule has 7 nitrogen and oxygen atoms in total. The minimum atomic E-state index is -0.944. The Kier molecular flexibility index (Phi) is 11.4. The molecule has 3 atom stereocenters. The molecule has 0 radical (unpaired) electrons. The van der Waals surface area contributed by atoms with Crippen LogP contribution in [0, 0.1) is 26.7 Å². The molecule has 0 saturated heterocycles. The Labute approximate surface area is 238 Å². The SMILES string of the molecule is CCCN(C(=O)C(NC(=O)OC(C)(C)C)C(C)CC)C(C(=O)Nc1c(C)cccc1Cl)c1cccc(C)c1C. The van der Waals surface area contributed by atoms with Crippen LogP contribution in [0.3, 0.4) is 0 Å². The van der Waals surface area contributed by atoms with Gasteiger partial charge in [0.15, 0.2) is 0 Å². The Bertz CT molecular complexity index is 1150. The van der Waals surface area contributed by atoms with Gasteiger partial charge >= 0.3 is 6.09 Å². The molecule has 2 aromatic rings. The van der Waals surface area contributed by atoms with Crippen molar-refractivity contribution in [3.8, 4) is 0 Å². The second-order valence-corrected chi connectivity index (χ2v) is 11.6. The van der Waals surface area contributed by atoms with Crippen molar-refractivity contribution < 1.29 is 19.1 Å². The van der Waals surface area contributed by atoms with E-state index in [0.29, 0.717) is 30.1 Å². The molecule has 0 aromatic heterocycles. The minimum Gasteiger partial charge on any atom is -0.444 e. The maximum absolute atomic E-state index is 14.3. The quantitative estimate of drug-likeness (QED) is 0.325. The Morgan fingerprint density at radius 1 is 1.00 bits per heavy atom. The summed E-state index contributed by atoms with van der Waals surface area (Å²) in [6.07, 6.45) is 0.591. The van der Waals surface area contributed by atoms with Crippen LogP contribution >= 0.6 is 11.6 Å². The monoisotopic (exact) mass is 557 g/mol. The highest BCUT2D eigenvalue weighted by Gasteiger charge is 2.38. The van der Waals surface area contributed by atoms with Gasteiger partial charge in [0.25, 0.3) is 5.91 Å². The molecule has 39 heavy (non-hydrogen) atoms. The van der Waals surface area contributed by atoms with Crippen molar-refractivity contribution in [2.75, 3.05) is 11.9 Å². The number of carbonyl (C=O) groups excluding carboxylic acids is 3. The standard InChI is InChI=1S/C31H44ClN3O4/c1-10-18-35(29(37)26(19(3)11-2)34-30(38)39-31(7,8)9)27(23-16-12-14-20(4)22(23)6)28(36)33-25-21(5)15-13-17-24(25)32/h12-17,19,26-27H,10-11,18H2,1-9H3,(H,33,36)(H,34,38). The van der Waals surface area contributed by atoms with Crippen LogP contribution in [0.15, 0.2) is 36.4 Å². The number of halogens is 1. The predicted octanol–water partition coefficient (Wildman–Crippen LogP) is 7.12. The number of aryl methyl sites for hydroxylation is 2. The Morgan fingerprint density at radius 2 is 1.62 bits per heavy atom. The molecular weight excluding hydrogens is 514 g/mol. The second-order valence-electron chi connectivity index (χ2n) is 11.2. The van der Waals surface area contributed by atoms with Gasteiger partial charge < -0.3 is 20.3 Å². The summed E-state index contributed by atoms with van der Waals surface area (Å²) < 4.78 is 5.47. The van der Waals surface area contributed by atoms with E-state index in [1.54, 1.807) is 31.7 Å². The molecule has 0 spiro atoms. The second kappa shape index (κ2) is 13.8. The van der Waals surface area contributed by atoms with Gasteiger partial charge in [0.2, 0.25) is 5.91 Å². The zero-order valence-corrected chi connectivity index (χ0v) is 25.5. The van der Waals surface area contributed by atoms with Gasteiger partial charge in [0.1, 0.15) is 17.7 Å². The first-order chi connectivity index (χ1) is 18.2. The largest absolute Gasteiger partial charge is 0.444 e. The van der Waals surface area contributed by atoms with E-state index in [9.17, 15) is 14.4 Å². The normalized spacial score (nSPS) is 13.7. The van der Waals surface area contributed by atoms with Gasteiger partial charge in [-0.25, -0.2) is 4.79 Å². The van der Waals surface area contributed by atoms with Crippen LogP contribution in [0.2, 0.25) is 5.02 Å². The third kappa shape index (κ3) is 8.46. The zero-order chi connectivity index (χ0) is 29.5. The van der Waals surface area contributed by atoms with Gasteiger partial charge in [-0.3, -0.25) is 9.59 Å². The smallest absolute Gasteiger partial charge is 0.408 e. The van der Waals surface area contributed by atoms with Gasteiger partial charge in [-0.2, -0.15) is 0 Å². The number of benzene rings is 2. The molecular formula is C31H44ClN3O4. The number of alkyl carbamates (subject to hydrolysis) is 1. The first-order valence-corrected chi connectivity index (χ1v) is 14.0. The van der Waals surface area contributed by atoms with E-state index >= 15 is 0 Å². The lowest BCUT2D eigenvalue weighted by Crippen LogP contribution is -2.55. The molecule has 0 saturated carbocycles. The average Bonchev–Trinajstić information content (AvgIpc) is 2.85. The van der Waals surface area contributed by atoms with Crippen LogP contribution in [-0.2, 0) is 14.3 Å². The van der Waals surface area contributed by atoms with Crippen LogP contribution in [0.5, 0.6) is 0 Å². The first kappa shape index (κ1) is 32.2. The fraction of sp³-hybridized carbons (Fsp3) is 0.516. The highest BCUT2D eigenvalue weighted by atomic mass is 35.5. The van der Waals surface area contributed by atoms with E-state index in [4.69, 9.17) is 16.3 Å². The summed E-state index contributed by atoms with van der Waals surface area (Å²) in [6, 6.07) is 9.33. The third-order valence-corrected chi connectivity index (χ3v) is 7.19. The third-order valence-electron chi connectivity index (χ3n) is 6.87. The van der Waals surface area contributed by atoms with Gasteiger partial charge in [-0.15, -0.1) is 0 Å². The minimum absolute atomic E-state index is 0.197. The van der Waals surface area contributed by atoms with E-state index in [1.165, 1.54) is 0 Å². The fourth-order valence-corrected chi connectivity index (χ4v) is 4.68. The number of amides is 3. The van der Waals surface area contributed by atoms with Crippen LogP contribution in [0.25, 0.3) is 0 Å². The average molecular weight is 558 g/mol. The summed E-state index contributed by atoms with van der Waals surface area (Å²) in [5.74, 6) is -0.909.